The summed E-state index contributed by atoms with van der Waals surface area (Å²) in [7, 11) is 0. The third-order valence-corrected chi connectivity index (χ3v) is 4.40. The molecular weight excluding hydrogens is 254 g/mol. The number of aromatic nitrogens is 2. The van der Waals surface area contributed by atoms with Crippen molar-refractivity contribution in [2.24, 2.45) is 0 Å². The third kappa shape index (κ3) is 3.20. The van der Waals surface area contributed by atoms with Crippen LogP contribution in [-0.2, 0) is 9.53 Å². The van der Waals surface area contributed by atoms with Crippen molar-refractivity contribution in [3.8, 4) is 0 Å². The van der Waals surface area contributed by atoms with Gasteiger partial charge in [-0.2, -0.15) is 0 Å². The highest BCUT2D eigenvalue weighted by atomic mass is 16.5. The van der Waals surface area contributed by atoms with Crippen LogP contribution < -0.4 is 0 Å². The van der Waals surface area contributed by atoms with Crippen molar-refractivity contribution in [2.45, 2.75) is 50.7 Å². The quantitative estimate of drug-likeness (QED) is 0.845. The molecule has 3 rings (SSSR count). The summed E-state index contributed by atoms with van der Waals surface area (Å²) in [5.41, 5.74) is 0. The molecule has 0 N–H and O–H groups in total. The number of piperidine rings is 1. The van der Waals surface area contributed by atoms with Crippen molar-refractivity contribution < 1.29 is 9.53 Å². The molecule has 5 nitrogen and oxygen atoms in total. The molecule has 110 valence electrons. The summed E-state index contributed by atoms with van der Waals surface area (Å²) in [6.45, 7) is 2.58. The molecule has 0 aromatic carbocycles. The van der Waals surface area contributed by atoms with E-state index in [1.54, 1.807) is 6.20 Å². The first-order valence-corrected chi connectivity index (χ1v) is 7.70. The molecule has 1 aromatic heterocycles. The van der Waals surface area contributed by atoms with E-state index in [-0.39, 0.29) is 5.91 Å². The molecule has 0 saturated carbocycles. The minimum atomic E-state index is 0.283. The molecule has 0 unspecified atom stereocenters. The van der Waals surface area contributed by atoms with E-state index in [9.17, 15) is 4.79 Å². The number of rotatable bonds is 4. The van der Waals surface area contributed by atoms with Crippen LogP contribution in [0, 0.1) is 0 Å². The Morgan fingerprint density at radius 3 is 3.05 bits per heavy atom. The van der Waals surface area contributed by atoms with E-state index >= 15 is 0 Å². The summed E-state index contributed by atoms with van der Waals surface area (Å²) >= 11 is 0. The topological polar surface area (TPSA) is 47.4 Å². The monoisotopic (exact) mass is 277 g/mol. The predicted molar refractivity (Wildman–Crippen MR) is 75.3 cm³/mol. The Morgan fingerprint density at radius 1 is 1.35 bits per heavy atom. The minimum absolute atomic E-state index is 0.283. The molecule has 2 atom stereocenters. The van der Waals surface area contributed by atoms with Gasteiger partial charge in [-0.3, -0.25) is 4.79 Å². The van der Waals surface area contributed by atoms with Gasteiger partial charge in [0.2, 0.25) is 5.91 Å². The SMILES string of the molecule is O=C(CC[C@H]1CCCO1)N1CCC[C@@H](n2ccnc2)C1. The fraction of sp³-hybridized carbons (Fsp3) is 0.733. The molecule has 0 aliphatic carbocycles. The van der Waals surface area contributed by atoms with Gasteiger partial charge in [-0.05, 0) is 32.1 Å². The lowest BCUT2D eigenvalue weighted by Crippen LogP contribution is -2.40. The highest BCUT2D eigenvalue weighted by Gasteiger charge is 2.25. The molecule has 1 amide bonds. The predicted octanol–water partition coefficient (Wildman–Crippen LogP) is 2.01. The molecule has 2 saturated heterocycles. The lowest BCUT2D eigenvalue weighted by atomic mass is 10.0. The van der Waals surface area contributed by atoms with Crippen molar-refractivity contribution in [3.05, 3.63) is 18.7 Å². The average molecular weight is 277 g/mol. The van der Waals surface area contributed by atoms with Crippen LogP contribution in [0.2, 0.25) is 0 Å². The van der Waals surface area contributed by atoms with Crippen molar-refractivity contribution in [3.63, 3.8) is 0 Å². The van der Waals surface area contributed by atoms with E-state index in [0.717, 1.165) is 51.8 Å². The molecular formula is C15H23N3O2. The van der Waals surface area contributed by atoms with Gasteiger partial charge >= 0.3 is 0 Å². The Balaban J connectivity index is 1.49. The number of ether oxygens (including phenoxy) is 1. The molecule has 2 aliphatic heterocycles. The Kier molecular flexibility index (Phi) is 4.35. The zero-order chi connectivity index (χ0) is 13.8. The van der Waals surface area contributed by atoms with E-state index in [2.05, 4.69) is 9.55 Å². The van der Waals surface area contributed by atoms with Gasteiger partial charge in [0.25, 0.3) is 0 Å². The number of likely N-dealkylation sites (tertiary alicyclic amines) is 1. The standard InChI is InChI=1S/C15H23N3O2/c19-15(6-5-14-4-2-10-20-14)17-8-1-3-13(11-17)18-9-7-16-12-18/h7,9,12-14H,1-6,8,10-11H2/t13-,14-/m1/s1. The third-order valence-electron chi connectivity index (χ3n) is 4.40. The van der Waals surface area contributed by atoms with Gasteiger partial charge < -0.3 is 14.2 Å². The second-order valence-corrected chi connectivity index (χ2v) is 5.82. The van der Waals surface area contributed by atoms with Gasteiger partial charge in [0.1, 0.15) is 0 Å². The van der Waals surface area contributed by atoms with Gasteiger partial charge in [0.05, 0.1) is 18.5 Å². The molecule has 1 aromatic rings. The van der Waals surface area contributed by atoms with Crippen molar-refractivity contribution in [2.75, 3.05) is 19.7 Å². The molecule has 20 heavy (non-hydrogen) atoms. The van der Waals surface area contributed by atoms with Crippen molar-refractivity contribution in [1.82, 2.24) is 14.5 Å². The first-order chi connectivity index (χ1) is 9.83. The second-order valence-electron chi connectivity index (χ2n) is 5.82. The minimum Gasteiger partial charge on any atom is -0.378 e. The molecule has 5 heteroatoms. The van der Waals surface area contributed by atoms with Crippen LogP contribution in [0.5, 0.6) is 0 Å². The maximum Gasteiger partial charge on any atom is 0.222 e. The van der Waals surface area contributed by atoms with Crippen LogP contribution in [0.1, 0.15) is 44.6 Å². The Hall–Kier alpha value is -1.36. The number of carbonyl (C=O) groups is 1. The summed E-state index contributed by atoms with van der Waals surface area (Å²) in [6, 6.07) is 0.387. The van der Waals surface area contributed by atoms with E-state index in [0.29, 0.717) is 18.6 Å². The highest BCUT2D eigenvalue weighted by molar-refractivity contribution is 5.76. The number of hydrogen-bond acceptors (Lipinski definition) is 3. The van der Waals surface area contributed by atoms with Crippen LogP contribution in [-0.4, -0.2) is 46.2 Å². The summed E-state index contributed by atoms with van der Waals surface area (Å²) in [5.74, 6) is 0.283. The van der Waals surface area contributed by atoms with Gasteiger partial charge in [-0.25, -0.2) is 4.98 Å². The largest absolute Gasteiger partial charge is 0.378 e. The first kappa shape index (κ1) is 13.6. The smallest absolute Gasteiger partial charge is 0.222 e. The number of imidazole rings is 1. The highest BCUT2D eigenvalue weighted by Crippen LogP contribution is 2.23. The summed E-state index contributed by atoms with van der Waals surface area (Å²) in [4.78, 5) is 18.4. The fourth-order valence-corrected chi connectivity index (χ4v) is 3.22. The van der Waals surface area contributed by atoms with Crippen molar-refractivity contribution >= 4 is 5.91 Å². The van der Waals surface area contributed by atoms with Crippen molar-refractivity contribution in [1.29, 1.82) is 0 Å². The first-order valence-electron chi connectivity index (χ1n) is 7.70. The van der Waals surface area contributed by atoms with Gasteiger partial charge in [-0.1, -0.05) is 0 Å². The molecule has 3 heterocycles. The normalized spacial score (nSPS) is 26.9. The zero-order valence-corrected chi connectivity index (χ0v) is 11.9. The Bertz CT molecular complexity index is 426. The Morgan fingerprint density at radius 2 is 2.30 bits per heavy atom. The number of hydrogen-bond donors (Lipinski definition) is 0. The number of nitrogens with zero attached hydrogens (tertiary/aromatic N) is 3. The van der Waals surface area contributed by atoms with E-state index in [1.807, 2.05) is 17.4 Å². The zero-order valence-electron chi connectivity index (χ0n) is 11.9. The summed E-state index contributed by atoms with van der Waals surface area (Å²) < 4.78 is 7.71. The maximum atomic E-state index is 12.3. The van der Waals surface area contributed by atoms with Gasteiger partial charge in [0.15, 0.2) is 0 Å². The van der Waals surface area contributed by atoms with Crippen LogP contribution in [0.25, 0.3) is 0 Å². The lowest BCUT2D eigenvalue weighted by molar-refractivity contribution is -0.133. The number of carbonyl (C=O) groups excluding carboxylic acids is 1. The molecule has 0 spiro atoms. The second kappa shape index (κ2) is 6.39. The summed E-state index contributed by atoms with van der Waals surface area (Å²) in [6.07, 6.45) is 11.9. The molecule has 0 radical (unpaired) electrons. The average Bonchev–Trinajstić information content (AvgIpc) is 3.18. The van der Waals surface area contributed by atoms with Gasteiger partial charge in [-0.15, -0.1) is 0 Å². The Labute approximate surface area is 119 Å². The van der Waals surface area contributed by atoms with E-state index in [4.69, 9.17) is 4.74 Å². The fourth-order valence-electron chi connectivity index (χ4n) is 3.22. The van der Waals surface area contributed by atoms with Crippen LogP contribution in [0.3, 0.4) is 0 Å². The number of amides is 1. The lowest BCUT2D eigenvalue weighted by Gasteiger charge is -2.33. The van der Waals surface area contributed by atoms with E-state index in [1.165, 1.54) is 0 Å². The van der Waals surface area contributed by atoms with E-state index < -0.39 is 0 Å². The van der Waals surface area contributed by atoms with Crippen LogP contribution in [0.4, 0.5) is 0 Å². The van der Waals surface area contributed by atoms with Crippen LogP contribution >= 0.6 is 0 Å². The summed E-state index contributed by atoms with van der Waals surface area (Å²) in [5, 5.41) is 0. The molecule has 0 bridgehead atoms. The molecule has 2 fully saturated rings. The molecule has 2 aliphatic rings. The maximum absolute atomic E-state index is 12.3. The van der Waals surface area contributed by atoms with Crippen LogP contribution in [0.15, 0.2) is 18.7 Å². The van der Waals surface area contributed by atoms with Gasteiger partial charge in [0, 0.05) is 38.5 Å².